The Hall–Kier alpha value is -6.33. The smallest absolute Gasteiger partial charge is 0.137 e. The van der Waals surface area contributed by atoms with E-state index in [0.717, 1.165) is 39.7 Å². The van der Waals surface area contributed by atoms with Crippen LogP contribution in [0.25, 0.3) is 38.8 Å². The van der Waals surface area contributed by atoms with Crippen molar-refractivity contribution in [2.45, 2.75) is 52.4 Å². The molecule has 5 nitrogen and oxygen atoms in total. The van der Waals surface area contributed by atoms with E-state index in [9.17, 15) is 0 Å². The van der Waals surface area contributed by atoms with Gasteiger partial charge in [0.1, 0.15) is 24.0 Å². The van der Waals surface area contributed by atoms with Crippen LogP contribution in [0.1, 0.15) is 52.7 Å². The zero-order valence-corrected chi connectivity index (χ0v) is 32.4. The van der Waals surface area contributed by atoms with Crippen LogP contribution in [0.15, 0.2) is 158 Å². The molecule has 2 aromatic heterocycles. The Morgan fingerprint density at radius 1 is 0.509 bits per heavy atom. The Morgan fingerprint density at radius 3 is 1.96 bits per heavy atom. The van der Waals surface area contributed by atoms with Gasteiger partial charge in [-0.25, -0.2) is 4.98 Å². The lowest BCUT2D eigenvalue weighted by Gasteiger charge is -2.27. The number of anilines is 4. The van der Waals surface area contributed by atoms with E-state index in [2.05, 4.69) is 202 Å². The predicted molar refractivity (Wildman–Crippen MR) is 230 cm³/mol. The van der Waals surface area contributed by atoms with Gasteiger partial charge in [-0.2, -0.15) is 0 Å². The first-order valence-electron chi connectivity index (χ1n) is 19.1. The van der Waals surface area contributed by atoms with Crippen LogP contribution < -0.4 is 14.5 Å². The highest BCUT2D eigenvalue weighted by molar-refractivity contribution is 6.09. The molecular weight excluding hydrogens is 673 g/mol. The van der Waals surface area contributed by atoms with Crippen LogP contribution in [0.3, 0.4) is 0 Å². The molecule has 0 radical (unpaired) electrons. The number of hydrogen-bond donors (Lipinski definition) is 0. The third-order valence-electron chi connectivity index (χ3n) is 10.8. The SMILES string of the molecule is CC(C)(C)c1ccnc(-n2c3ccccc3c3ccc(Oc4cccc(N5CN(c6cc(C(C)(C)C)ccc6-c6ccccc6)c6ccccc65)c4)cc32)c1. The lowest BCUT2D eigenvalue weighted by atomic mass is 9.85. The molecule has 0 N–H and O–H groups in total. The van der Waals surface area contributed by atoms with Crippen molar-refractivity contribution in [1.29, 1.82) is 0 Å². The van der Waals surface area contributed by atoms with Crippen molar-refractivity contribution in [3.8, 4) is 28.4 Å². The molecule has 0 spiro atoms. The minimum atomic E-state index is 0.00324. The topological polar surface area (TPSA) is 33.5 Å². The summed E-state index contributed by atoms with van der Waals surface area (Å²) in [5, 5.41) is 2.36. The summed E-state index contributed by atoms with van der Waals surface area (Å²) in [5.41, 5.74) is 11.8. The average Bonchev–Trinajstić information content (AvgIpc) is 3.74. The Labute approximate surface area is 324 Å². The summed E-state index contributed by atoms with van der Waals surface area (Å²) in [6, 6.07) is 54.1. The van der Waals surface area contributed by atoms with Gasteiger partial charge in [-0.15, -0.1) is 0 Å². The van der Waals surface area contributed by atoms with Gasteiger partial charge in [-0.3, -0.25) is 4.57 Å². The summed E-state index contributed by atoms with van der Waals surface area (Å²) >= 11 is 0. The Balaban J connectivity index is 1.09. The van der Waals surface area contributed by atoms with Gasteiger partial charge in [0.25, 0.3) is 0 Å². The summed E-state index contributed by atoms with van der Waals surface area (Å²) in [5.74, 6) is 2.46. The maximum absolute atomic E-state index is 6.71. The van der Waals surface area contributed by atoms with Gasteiger partial charge in [0.15, 0.2) is 0 Å². The predicted octanol–water partition coefficient (Wildman–Crippen LogP) is 13.5. The first kappa shape index (κ1) is 34.4. The van der Waals surface area contributed by atoms with Crippen LogP contribution in [0.4, 0.5) is 22.7 Å². The summed E-state index contributed by atoms with van der Waals surface area (Å²) in [6.07, 6.45) is 1.92. The Morgan fingerprint density at radius 2 is 1.18 bits per heavy atom. The van der Waals surface area contributed by atoms with E-state index in [1.807, 2.05) is 12.3 Å². The minimum Gasteiger partial charge on any atom is -0.457 e. The highest BCUT2D eigenvalue weighted by atomic mass is 16.5. The van der Waals surface area contributed by atoms with E-state index < -0.39 is 0 Å². The number of fused-ring (bicyclic) bond motifs is 4. The van der Waals surface area contributed by atoms with Crippen LogP contribution in [0, 0.1) is 0 Å². The van der Waals surface area contributed by atoms with Crippen molar-refractivity contribution in [2.24, 2.45) is 0 Å². The summed E-state index contributed by atoms with van der Waals surface area (Å²) < 4.78 is 8.97. The molecule has 0 bridgehead atoms. The van der Waals surface area contributed by atoms with Crippen LogP contribution >= 0.6 is 0 Å². The molecule has 272 valence electrons. The van der Waals surface area contributed by atoms with Crippen LogP contribution in [-0.2, 0) is 10.8 Å². The van der Waals surface area contributed by atoms with E-state index >= 15 is 0 Å². The third-order valence-corrected chi connectivity index (χ3v) is 10.8. The molecule has 0 amide bonds. The van der Waals surface area contributed by atoms with Crippen molar-refractivity contribution < 1.29 is 4.74 Å². The molecule has 9 rings (SSSR count). The van der Waals surface area contributed by atoms with Gasteiger partial charge < -0.3 is 14.5 Å². The molecule has 55 heavy (non-hydrogen) atoms. The van der Waals surface area contributed by atoms with Crippen molar-refractivity contribution in [1.82, 2.24) is 9.55 Å². The second-order valence-electron chi connectivity index (χ2n) is 16.6. The normalized spacial score (nSPS) is 13.1. The lowest BCUT2D eigenvalue weighted by Crippen LogP contribution is -2.25. The number of aromatic nitrogens is 2. The molecule has 0 atom stereocenters. The Bertz CT molecular complexity index is 2700. The van der Waals surface area contributed by atoms with Crippen molar-refractivity contribution in [3.63, 3.8) is 0 Å². The fraction of sp³-hybridized carbons (Fsp3) is 0.180. The van der Waals surface area contributed by atoms with E-state index in [4.69, 9.17) is 9.72 Å². The molecule has 0 unspecified atom stereocenters. The van der Waals surface area contributed by atoms with E-state index in [0.29, 0.717) is 6.67 Å². The monoisotopic (exact) mass is 718 g/mol. The zero-order chi connectivity index (χ0) is 37.9. The van der Waals surface area contributed by atoms with Crippen molar-refractivity contribution >= 4 is 44.6 Å². The lowest BCUT2D eigenvalue weighted by molar-refractivity contribution is 0.483. The molecule has 6 aromatic carbocycles. The van der Waals surface area contributed by atoms with Gasteiger partial charge in [-0.05, 0) is 88.2 Å². The molecule has 5 heteroatoms. The second-order valence-corrected chi connectivity index (χ2v) is 16.6. The average molecular weight is 719 g/mol. The van der Waals surface area contributed by atoms with Crippen molar-refractivity contribution in [2.75, 3.05) is 16.5 Å². The molecular formula is C50H46N4O. The molecule has 0 saturated heterocycles. The first-order chi connectivity index (χ1) is 26.5. The molecule has 8 aromatic rings. The summed E-state index contributed by atoms with van der Waals surface area (Å²) in [4.78, 5) is 9.70. The van der Waals surface area contributed by atoms with E-state index in [-0.39, 0.29) is 10.8 Å². The van der Waals surface area contributed by atoms with Crippen LogP contribution in [0.2, 0.25) is 0 Å². The molecule has 3 heterocycles. The van der Waals surface area contributed by atoms with Crippen LogP contribution in [0.5, 0.6) is 11.5 Å². The molecule has 1 aliphatic heterocycles. The summed E-state index contributed by atoms with van der Waals surface area (Å²) in [6.45, 7) is 14.2. The van der Waals surface area contributed by atoms with E-state index in [1.54, 1.807) is 0 Å². The third kappa shape index (κ3) is 6.30. The maximum Gasteiger partial charge on any atom is 0.137 e. The van der Waals surface area contributed by atoms with E-state index in [1.165, 1.54) is 44.4 Å². The largest absolute Gasteiger partial charge is 0.457 e. The van der Waals surface area contributed by atoms with Gasteiger partial charge >= 0.3 is 0 Å². The number of hydrogen-bond acceptors (Lipinski definition) is 4. The number of para-hydroxylation sites is 3. The summed E-state index contributed by atoms with van der Waals surface area (Å²) in [7, 11) is 0. The fourth-order valence-electron chi connectivity index (χ4n) is 7.84. The number of benzene rings is 6. The highest BCUT2D eigenvalue weighted by Gasteiger charge is 2.30. The fourth-order valence-corrected chi connectivity index (χ4v) is 7.84. The van der Waals surface area contributed by atoms with Gasteiger partial charge in [0, 0.05) is 40.4 Å². The molecule has 1 aliphatic rings. The number of ether oxygens (including phenoxy) is 1. The second kappa shape index (κ2) is 13.2. The number of pyridine rings is 1. The van der Waals surface area contributed by atoms with Gasteiger partial charge in [0.2, 0.25) is 0 Å². The quantitative estimate of drug-likeness (QED) is 0.171. The first-order valence-corrected chi connectivity index (χ1v) is 19.1. The standard InChI is InChI=1S/C50H46N4O/c1-49(2,3)35-23-25-40(34-15-8-7-9-16-34)46(29-35)53-33-52(44-21-12-13-22-45(44)53)37-17-14-18-38(31-37)55-39-24-26-42-41-19-10-11-20-43(41)54(47(42)32-39)48-30-36(27-28-51-48)50(4,5)6/h7-32H,33H2,1-6H3. The number of rotatable bonds is 6. The number of nitrogens with zero attached hydrogens (tertiary/aromatic N) is 4. The van der Waals surface area contributed by atoms with Crippen LogP contribution in [-0.4, -0.2) is 16.2 Å². The van der Waals surface area contributed by atoms with Crippen molar-refractivity contribution in [3.05, 3.63) is 169 Å². The molecule has 0 fully saturated rings. The van der Waals surface area contributed by atoms with Gasteiger partial charge in [0.05, 0.1) is 28.1 Å². The molecule has 0 saturated carbocycles. The Kier molecular flexibility index (Phi) is 8.27. The van der Waals surface area contributed by atoms with Gasteiger partial charge in [-0.1, -0.05) is 120 Å². The minimum absolute atomic E-state index is 0.00324. The molecule has 0 aliphatic carbocycles. The maximum atomic E-state index is 6.71. The zero-order valence-electron chi connectivity index (χ0n) is 32.4. The highest BCUT2D eigenvalue weighted by Crippen LogP contribution is 2.48.